The summed E-state index contributed by atoms with van der Waals surface area (Å²) in [5.41, 5.74) is 5.65. The molecule has 0 spiro atoms. The summed E-state index contributed by atoms with van der Waals surface area (Å²) in [6.45, 7) is 9.07. The van der Waals surface area contributed by atoms with Crippen molar-refractivity contribution in [1.29, 1.82) is 0 Å². The molecule has 0 amide bonds. The highest BCUT2D eigenvalue weighted by atomic mass is 32.2. The van der Waals surface area contributed by atoms with Crippen LogP contribution in [-0.2, 0) is 26.1 Å². The van der Waals surface area contributed by atoms with Gasteiger partial charge in [0.1, 0.15) is 11.6 Å². The summed E-state index contributed by atoms with van der Waals surface area (Å²) in [5.74, 6) is -0.836. The molecule has 0 saturated carbocycles. The molecule has 0 heterocycles. The molecular formula is C16H26N2O4S. The van der Waals surface area contributed by atoms with E-state index in [1.165, 1.54) is 12.1 Å². The highest BCUT2D eigenvalue weighted by Crippen LogP contribution is 2.16. The van der Waals surface area contributed by atoms with Crippen LogP contribution >= 0.6 is 0 Å². The summed E-state index contributed by atoms with van der Waals surface area (Å²) >= 11 is 0. The lowest BCUT2D eigenvalue weighted by atomic mass is 10.1. The molecule has 0 aliphatic heterocycles. The smallest absolute Gasteiger partial charge is 0.324 e. The normalized spacial score (nSPS) is 13.9. The Morgan fingerprint density at radius 1 is 1.22 bits per heavy atom. The number of rotatable bonds is 6. The van der Waals surface area contributed by atoms with Crippen LogP contribution in [0.2, 0.25) is 0 Å². The monoisotopic (exact) mass is 342 g/mol. The Hall–Kier alpha value is -1.44. The quantitative estimate of drug-likeness (QED) is 0.768. The first-order valence-electron chi connectivity index (χ1n) is 7.50. The Bertz CT molecular complexity index is 631. The van der Waals surface area contributed by atoms with E-state index in [-0.39, 0.29) is 10.8 Å². The predicted octanol–water partition coefficient (Wildman–Crippen LogP) is 1.79. The van der Waals surface area contributed by atoms with Crippen LogP contribution in [-0.4, -0.2) is 26.0 Å². The summed E-state index contributed by atoms with van der Waals surface area (Å²) in [6, 6.07) is 5.28. The lowest BCUT2D eigenvalue weighted by Gasteiger charge is -2.26. The molecule has 1 rings (SSSR count). The number of carbonyl (C=O) groups excluding carboxylic acids is 1. The second-order valence-corrected chi connectivity index (χ2v) is 8.44. The van der Waals surface area contributed by atoms with Crippen LogP contribution in [0, 0.1) is 5.92 Å². The minimum absolute atomic E-state index is 0.0870. The fourth-order valence-corrected chi connectivity index (χ4v) is 3.19. The standard InChI is InChI=1S/C16H26N2O4S/c1-11(2)14(15(19)22-16(3,4)5)18-23(20,21)13-8-6-12(10-17)7-9-13/h6-9,11,14,18H,10,17H2,1-5H3/t14-/m1/s1. The van der Waals surface area contributed by atoms with Gasteiger partial charge in [-0.15, -0.1) is 0 Å². The van der Waals surface area contributed by atoms with Gasteiger partial charge in [-0.05, 0) is 44.4 Å². The molecular weight excluding hydrogens is 316 g/mol. The van der Waals surface area contributed by atoms with E-state index < -0.39 is 27.6 Å². The van der Waals surface area contributed by atoms with Crippen molar-refractivity contribution in [2.24, 2.45) is 11.7 Å². The molecule has 130 valence electrons. The molecule has 0 fully saturated rings. The van der Waals surface area contributed by atoms with Crippen LogP contribution < -0.4 is 10.5 Å². The van der Waals surface area contributed by atoms with E-state index in [1.807, 2.05) is 0 Å². The highest BCUT2D eigenvalue weighted by molar-refractivity contribution is 7.89. The zero-order valence-electron chi connectivity index (χ0n) is 14.3. The minimum atomic E-state index is -3.82. The number of hydrogen-bond donors (Lipinski definition) is 2. The molecule has 1 atom stereocenters. The zero-order valence-corrected chi connectivity index (χ0v) is 15.1. The lowest BCUT2D eigenvalue weighted by Crippen LogP contribution is -2.47. The Morgan fingerprint density at radius 3 is 2.13 bits per heavy atom. The molecule has 23 heavy (non-hydrogen) atoms. The first kappa shape index (κ1) is 19.6. The number of nitrogens with one attached hydrogen (secondary N) is 1. The summed E-state index contributed by atoms with van der Waals surface area (Å²) in [5, 5.41) is 0. The molecule has 3 N–H and O–H groups in total. The van der Waals surface area contributed by atoms with Crippen molar-refractivity contribution in [2.75, 3.05) is 0 Å². The molecule has 0 aliphatic carbocycles. The van der Waals surface area contributed by atoms with Crippen molar-refractivity contribution >= 4 is 16.0 Å². The molecule has 1 aromatic rings. The number of carbonyl (C=O) groups is 1. The number of nitrogens with two attached hydrogens (primary N) is 1. The average molecular weight is 342 g/mol. The second kappa shape index (κ2) is 7.42. The first-order chi connectivity index (χ1) is 10.5. The van der Waals surface area contributed by atoms with E-state index in [1.54, 1.807) is 46.8 Å². The van der Waals surface area contributed by atoms with Crippen molar-refractivity contribution < 1.29 is 17.9 Å². The van der Waals surface area contributed by atoms with Gasteiger partial charge in [0.25, 0.3) is 0 Å². The van der Waals surface area contributed by atoms with Crippen LogP contribution in [0.15, 0.2) is 29.2 Å². The maximum Gasteiger partial charge on any atom is 0.324 e. The van der Waals surface area contributed by atoms with Gasteiger partial charge in [0, 0.05) is 6.54 Å². The van der Waals surface area contributed by atoms with Gasteiger partial charge in [0.15, 0.2) is 0 Å². The van der Waals surface area contributed by atoms with Gasteiger partial charge in [0.2, 0.25) is 10.0 Å². The molecule has 0 saturated heterocycles. The van der Waals surface area contributed by atoms with Gasteiger partial charge in [-0.25, -0.2) is 8.42 Å². The molecule has 0 bridgehead atoms. The third kappa shape index (κ3) is 5.93. The fraction of sp³-hybridized carbons (Fsp3) is 0.562. The Balaban J connectivity index is 3.00. The molecule has 1 aromatic carbocycles. The van der Waals surface area contributed by atoms with Gasteiger partial charge in [-0.1, -0.05) is 26.0 Å². The largest absolute Gasteiger partial charge is 0.459 e. The van der Waals surface area contributed by atoms with Crippen LogP contribution in [0.25, 0.3) is 0 Å². The second-order valence-electron chi connectivity index (χ2n) is 6.72. The van der Waals surface area contributed by atoms with Crippen molar-refractivity contribution in [3.8, 4) is 0 Å². The summed E-state index contributed by atoms with van der Waals surface area (Å²) < 4.78 is 32.7. The Labute approximate surface area is 138 Å². The molecule has 0 radical (unpaired) electrons. The Morgan fingerprint density at radius 2 is 1.74 bits per heavy atom. The van der Waals surface area contributed by atoms with E-state index in [0.717, 1.165) is 5.56 Å². The highest BCUT2D eigenvalue weighted by Gasteiger charge is 2.32. The van der Waals surface area contributed by atoms with Gasteiger partial charge in [-0.2, -0.15) is 4.72 Å². The minimum Gasteiger partial charge on any atom is -0.459 e. The number of sulfonamides is 1. The SMILES string of the molecule is CC(C)[C@@H](NS(=O)(=O)c1ccc(CN)cc1)C(=O)OC(C)(C)C. The molecule has 6 nitrogen and oxygen atoms in total. The number of ether oxygens (including phenoxy) is 1. The maximum atomic E-state index is 12.5. The number of hydrogen-bond acceptors (Lipinski definition) is 5. The third-order valence-electron chi connectivity index (χ3n) is 3.08. The lowest BCUT2D eigenvalue weighted by molar-refractivity contribution is -0.158. The van der Waals surface area contributed by atoms with Gasteiger partial charge in [0.05, 0.1) is 4.90 Å². The van der Waals surface area contributed by atoms with E-state index >= 15 is 0 Å². The fourth-order valence-electron chi connectivity index (χ4n) is 1.86. The van der Waals surface area contributed by atoms with Crippen LogP contribution in [0.4, 0.5) is 0 Å². The number of esters is 1. The van der Waals surface area contributed by atoms with Crippen LogP contribution in [0.3, 0.4) is 0 Å². The van der Waals surface area contributed by atoms with Crippen molar-refractivity contribution in [3.05, 3.63) is 29.8 Å². The van der Waals surface area contributed by atoms with E-state index in [0.29, 0.717) is 6.54 Å². The molecule has 7 heteroatoms. The maximum absolute atomic E-state index is 12.5. The van der Waals surface area contributed by atoms with Crippen molar-refractivity contribution in [1.82, 2.24) is 4.72 Å². The van der Waals surface area contributed by atoms with Crippen molar-refractivity contribution in [3.63, 3.8) is 0 Å². The molecule has 0 aromatic heterocycles. The van der Waals surface area contributed by atoms with Gasteiger partial charge >= 0.3 is 5.97 Å². The van der Waals surface area contributed by atoms with Gasteiger partial charge < -0.3 is 10.5 Å². The predicted molar refractivity (Wildman–Crippen MR) is 89.1 cm³/mol. The van der Waals surface area contributed by atoms with E-state index in [2.05, 4.69) is 4.72 Å². The molecule has 0 aliphatic rings. The summed E-state index contributed by atoms with van der Waals surface area (Å²) in [7, 11) is -3.82. The van der Waals surface area contributed by atoms with E-state index in [9.17, 15) is 13.2 Å². The average Bonchev–Trinajstić information content (AvgIpc) is 2.42. The Kier molecular flexibility index (Phi) is 6.33. The topological polar surface area (TPSA) is 98.5 Å². The van der Waals surface area contributed by atoms with Crippen molar-refractivity contribution in [2.45, 2.75) is 57.7 Å². The van der Waals surface area contributed by atoms with Crippen LogP contribution in [0.5, 0.6) is 0 Å². The van der Waals surface area contributed by atoms with Crippen LogP contribution in [0.1, 0.15) is 40.2 Å². The summed E-state index contributed by atoms with van der Waals surface area (Å²) in [6.07, 6.45) is 0. The first-order valence-corrected chi connectivity index (χ1v) is 8.99. The summed E-state index contributed by atoms with van der Waals surface area (Å²) in [4.78, 5) is 12.3. The number of benzene rings is 1. The molecule has 0 unspecified atom stereocenters. The van der Waals surface area contributed by atoms with E-state index in [4.69, 9.17) is 10.5 Å². The zero-order chi connectivity index (χ0) is 17.8. The third-order valence-corrected chi connectivity index (χ3v) is 4.54. The van der Waals surface area contributed by atoms with Gasteiger partial charge in [-0.3, -0.25) is 4.79 Å².